The van der Waals surface area contributed by atoms with Crippen LogP contribution in [0, 0.1) is 5.92 Å². The standard InChI is InChI=1S/C23H28N4O2/c1-15(2)13-21(23-26-18-11-7-8-12-19(18)27-23)25-22(29)14-20(24-16(3)28)17-9-5-4-6-10-17/h4-12,15,20-21H,13-14H2,1-3H3,(H,24,28)(H,25,29)(H,26,27). The van der Waals surface area contributed by atoms with Crippen LogP contribution in [0.15, 0.2) is 54.6 Å². The van der Waals surface area contributed by atoms with Gasteiger partial charge in [0.15, 0.2) is 0 Å². The van der Waals surface area contributed by atoms with E-state index in [0.29, 0.717) is 5.92 Å². The Morgan fingerprint density at radius 1 is 0.966 bits per heavy atom. The smallest absolute Gasteiger partial charge is 0.223 e. The molecule has 2 amide bonds. The van der Waals surface area contributed by atoms with Crippen LogP contribution in [0.3, 0.4) is 0 Å². The van der Waals surface area contributed by atoms with E-state index in [9.17, 15) is 9.59 Å². The molecule has 3 rings (SSSR count). The molecule has 2 unspecified atom stereocenters. The molecular formula is C23H28N4O2. The summed E-state index contributed by atoms with van der Waals surface area (Å²) in [5.74, 6) is 0.846. The van der Waals surface area contributed by atoms with Crippen LogP contribution in [0.5, 0.6) is 0 Å². The molecule has 3 aromatic rings. The van der Waals surface area contributed by atoms with E-state index in [1.54, 1.807) is 0 Å². The number of rotatable bonds is 8. The zero-order valence-electron chi connectivity index (χ0n) is 17.1. The van der Waals surface area contributed by atoms with E-state index in [2.05, 4.69) is 34.4 Å². The molecule has 2 atom stereocenters. The Hall–Kier alpha value is -3.15. The number of benzene rings is 2. The largest absolute Gasteiger partial charge is 0.349 e. The number of fused-ring (bicyclic) bond motifs is 1. The van der Waals surface area contributed by atoms with E-state index in [1.807, 2.05) is 54.6 Å². The summed E-state index contributed by atoms with van der Waals surface area (Å²) in [4.78, 5) is 32.5. The second-order valence-electron chi connectivity index (χ2n) is 7.76. The lowest BCUT2D eigenvalue weighted by Gasteiger charge is -2.22. The third-order valence-electron chi connectivity index (χ3n) is 4.75. The van der Waals surface area contributed by atoms with Gasteiger partial charge in [0.2, 0.25) is 11.8 Å². The summed E-state index contributed by atoms with van der Waals surface area (Å²) in [5.41, 5.74) is 2.74. The molecule has 2 aromatic carbocycles. The number of hydrogen-bond donors (Lipinski definition) is 3. The molecule has 0 aliphatic rings. The Morgan fingerprint density at radius 3 is 2.31 bits per heavy atom. The van der Waals surface area contributed by atoms with Gasteiger partial charge in [-0.05, 0) is 30.0 Å². The quantitative estimate of drug-likeness (QED) is 0.541. The van der Waals surface area contributed by atoms with Crippen LogP contribution in [-0.4, -0.2) is 21.8 Å². The van der Waals surface area contributed by atoms with Crippen LogP contribution < -0.4 is 10.6 Å². The molecule has 3 N–H and O–H groups in total. The topological polar surface area (TPSA) is 86.9 Å². The maximum Gasteiger partial charge on any atom is 0.223 e. The third-order valence-corrected chi connectivity index (χ3v) is 4.75. The summed E-state index contributed by atoms with van der Waals surface area (Å²) in [6.45, 7) is 5.70. The molecule has 6 nitrogen and oxygen atoms in total. The number of nitrogens with one attached hydrogen (secondary N) is 3. The highest BCUT2D eigenvalue weighted by molar-refractivity contribution is 5.80. The Bertz CT molecular complexity index is 932. The minimum Gasteiger partial charge on any atom is -0.349 e. The lowest BCUT2D eigenvalue weighted by molar-refractivity contribution is -0.123. The SMILES string of the molecule is CC(=O)NC(CC(=O)NC(CC(C)C)c1nc2ccccc2[nH]1)c1ccccc1. The van der Waals surface area contributed by atoms with Gasteiger partial charge in [0.1, 0.15) is 5.82 Å². The van der Waals surface area contributed by atoms with E-state index in [1.165, 1.54) is 6.92 Å². The number of aromatic nitrogens is 2. The number of amides is 2. The molecular weight excluding hydrogens is 364 g/mol. The minimum atomic E-state index is -0.371. The Balaban J connectivity index is 1.77. The summed E-state index contributed by atoms with van der Waals surface area (Å²) < 4.78 is 0. The van der Waals surface area contributed by atoms with Gasteiger partial charge in [-0.25, -0.2) is 4.98 Å². The van der Waals surface area contributed by atoms with Crippen molar-refractivity contribution in [2.45, 2.75) is 45.7 Å². The molecule has 0 spiro atoms. The van der Waals surface area contributed by atoms with Gasteiger partial charge in [-0.15, -0.1) is 0 Å². The van der Waals surface area contributed by atoms with Gasteiger partial charge >= 0.3 is 0 Å². The average Bonchev–Trinajstić information content (AvgIpc) is 3.11. The summed E-state index contributed by atoms with van der Waals surface area (Å²) in [6.07, 6.45) is 0.931. The summed E-state index contributed by atoms with van der Waals surface area (Å²) in [6, 6.07) is 16.8. The second-order valence-corrected chi connectivity index (χ2v) is 7.76. The molecule has 0 radical (unpaired) electrons. The number of hydrogen-bond acceptors (Lipinski definition) is 3. The summed E-state index contributed by atoms with van der Waals surface area (Å²) in [5, 5.41) is 5.99. The van der Waals surface area contributed by atoms with E-state index < -0.39 is 0 Å². The van der Waals surface area contributed by atoms with Gasteiger partial charge in [-0.3, -0.25) is 9.59 Å². The van der Waals surface area contributed by atoms with Crippen LogP contribution in [0.25, 0.3) is 11.0 Å². The fourth-order valence-corrected chi connectivity index (χ4v) is 3.47. The Morgan fingerprint density at radius 2 is 1.66 bits per heavy atom. The second kappa shape index (κ2) is 9.37. The number of H-pyrrole nitrogens is 1. The van der Waals surface area contributed by atoms with Crippen LogP contribution in [0.4, 0.5) is 0 Å². The monoisotopic (exact) mass is 392 g/mol. The lowest BCUT2D eigenvalue weighted by Crippen LogP contribution is -2.35. The summed E-state index contributed by atoms with van der Waals surface area (Å²) >= 11 is 0. The predicted molar refractivity (Wildman–Crippen MR) is 114 cm³/mol. The van der Waals surface area contributed by atoms with Crippen LogP contribution in [0.1, 0.15) is 57.1 Å². The van der Waals surface area contributed by atoms with Crippen LogP contribution >= 0.6 is 0 Å². The molecule has 0 saturated heterocycles. The summed E-state index contributed by atoms with van der Waals surface area (Å²) in [7, 11) is 0. The van der Waals surface area contributed by atoms with Crippen molar-refractivity contribution in [3.05, 3.63) is 66.0 Å². The zero-order valence-corrected chi connectivity index (χ0v) is 17.1. The van der Waals surface area contributed by atoms with Crippen molar-refractivity contribution >= 4 is 22.8 Å². The molecule has 0 bridgehead atoms. The van der Waals surface area contributed by atoms with Crippen LogP contribution in [0.2, 0.25) is 0 Å². The molecule has 152 valence electrons. The first-order valence-electron chi connectivity index (χ1n) is 9.98. The highest BCUT2D eigenvalue weighted by atomic mass is 16.2. The van der Waals surface area contributed by atoms with Gasteiger partial charge in [0.25, 0.3) is 0 Å². The molecule has 29 heavy (non-hydrogen) atoms. The van der Waals surface area contributed by atoms with E-state index in [-0.39, 0.29) is 30.3 Å². The average molecular weight is 393 g/mol. The number of carbonyl (C=O) groups excluding carboxylic acids is 2. The van der Waals surface area contributed by atoms with E-state index >= 15 is 0 Å². The first-order valence-corrected chi connectivity index (χ1v) is 9.98. The van der Waals surface area contributed by atoms with Crippen molar-refractivity contribution in [3.63, 3.8) is 0 Å². The molecule has 0 fully saturated rings. The molecule has 1 aromatic heterocycles. The van der Waals surface area contributed by atoms with Crippen molar-refractivity contribution in [2.75, 3.05) is 0 Å². The van der Waals surface area contributed by atoms with Gasteiger partial charge in [-0.1, -0.05) is 56.3 Å². The number of para-hydroxylation sites is 2. The number of imidazole rings is 1. The van der Waals surface area contributed by atoms with Gasteiger partial charge in [0, 0.05) is 6.92 Å². The van der Waals surface area contributed by atoms with Crippen molar-refractivity contribution in [3.8, 4) is 0 Å². The van der Waals surface area contributed by atoms with E-state index in [4.69, 9.17) is 0 Å². The van der Waals surface area contributed by atoms with Crippen molar-refractivity contribution < 1.29 is 9.59 Å². The van der Waals surface area contributed by atoms with Crippen molar-refractivity contribution in [1.82, 2.24) is 20.6 Å². The predicted octanol–water partition coefficient (Wildman–Crippen LogP) is 4.03. The number of aromatic amines is 1. The zero-order chi connectivity index (χ0) is 20.8. The molecule has 6 heteroatoms. The first kappa shape index (κ1) is 20.6. The van der Waals surface area contributed by atoms with Gasteiger partial charge in [0.05, 0.1) is 29.5 Å². The highest BCUT2D eigenvalue weighted by Gasteiger charge is 2.23. The van der Waals surface area contributed by atoms with Gasteiger partial charge < -0.3 is 15.6 Å². The highest BCUT2D eigenvalue weighted by Crippen LogP contribution is 2.23. The molecule has 1 heterocycles. The van der Waals surface area contributed by atoms with E-state index in [0.717, 1.165) is 28.8 Å². The fourth-order valence-electron chi connectivity index (χ4n) is 3.47. The van der Waals surface area contributed by atoms with Crippen molar-refractivity contribution in [2.24, 2.45) is 5.92 Å². The van der Waals surface area contributed by atoms with Gasteiger partial charge in [-0.2, -0.15) is 0 Å². The van der Waals surface area contributed by atoms with Crippen molar-refractivity contribution in [1.29, 1.82) is 0 Å². The molecule has 0 aliphatic heterocycles. The Kier molecular flexibility index (Phi) is 6.65. The van der Waals surface area contributed by atoms with Crippen LogP contribution in [-0.2, 0) is 9.59 Å². The maximum absolute atomic E-state index is 12.9. The fraction of sp³-hybridized carbons (Fsp3) is 0.348. The number of carbonyl (C=O) groups is 2. The number of nitrogens with zero attached hydrogens (tertiary/aromatic N) is 1. The normalized spacial score (nSPS) is 13.2. The Labute approximate surface area is 171 Å². The first-order chi connectivity index (χ1) is 13.9. The lowest BCUT2D eigenvalue weighted by atomic mass is 10.0. The molecule has 0 aliphatic carbocycles. The minimum absolute atomic E-state index is 0.126. The molecule has 0 saturated carbocycles. The maximum atomic E-state index is 12.9. The third kappa shape index (κ3) is 5.67.